The van der Waals surface area contributed by atoms with E-state index in [1.165, 1.54) is 9.79 Å². The number of nitrogens with one attached hydrogen (secondary N) is 1. The van der Waals surface area contributed by atoms with E-state index in [1.807, 2.05) is 26.0 Å². The van der Waals surface area contributed by atoms with E-state index in [0.29, 0.717) is 0 Å². The molecule has 0 aromatic heterocycles. The molecule has 0 fully saturated rings. The maximum atomic E-state index is 6.83. The summed E-state index contributed by atoms with van der Waals surface area (Å²) in [6.07, 6.45) is 5.26. The summed E-state index contributed by atoms with van der Waals surface area (Å²) >= 11 is 2.23. The molecule has 0 bridgehead atoms. The van der Waals surface area contributed by atoms with Crippen LogP contribution in [0.1, 0.15) is 13.8 Å². The number of allylic oxidation sites excluding steroid dienone is 4. The Hall–Kier alpha value is -0.120. The smallest absolute Gasteiger partial charge is 0.0207 e. The second kappa shape index (κ2) is 4.73. The van der Waals surface area contributed by atoms with Crippen LogP contribution in [0.3, 0.4) is 0 Å². The molecule has 0 aromatic carbocycles. The molecule has 1 nitrogen and oxygen atoms in total. The Kier molecular flexibility index (Phi) is 4.67. The van der Waals surface area contributed by atoms with Gasteiger partial charge in [0.15, 0.2) is 0 Å². The zero-order valence-electron chi connectivity index (χ0n) is 5.61. The van der Waals surface area contributed by atoms with Gasteiger partial charge in [-0.15, -0.1) is 0 Å². The van der Waals surface area contributed by atoms with Gasteiger partial charge in [0.2, 0.25) is 0 Å². The molecular formula is C7H10IN. The van der Waals surface area contributed by atoms with E-state index >= 15 is 0 Å². The van der Waals surface area contributed by atoms with E-state index in [4.69, 9.17) is 5.41 Å². The predicted molar refractivity (Wildman–Crippen MR) is 50.3 cm³/mol. The highest BCUT2D eigenvalue weighted by atomic mass is 127. The lowest BCUT2D eigenvalue weighted by atomic mass is 10.3. The molecule has 50 valence electrons. The average molecular weight is 235 g/mol. The minimum absolute atomic E-state index is 0.978. The summed E-state index contributed by atoms with van der Waals surface area (Å²) in [5, 5.41) is 6.83. The molecule has 9 heavy (non-hydrogen) atoms. The number of halogens is 1. The number of rotatable bonds is 2. The lowest BCUT2D eigenvalue weighted by Gasteiger charge is -1.83. The Bertz CT molecular complexity index is 152. The molecule has 0 unspecified atom stereocenters. The Morgan fingerprint density at radius 3 is 2.22 bits per heavy atom. The van der Waals surface area contributed by atoms with Crippen molar-refractivity contribution in [2.45, 2.75) is 13.8 Å². The monoisotopic (exact) mass is 235 g/mol. The molecule has 0 heterocycles. The van der Waals surface area contributed by atoms with E-state index in [-0.39, 0.29) is 0 Å². The Morgan fingerprint density at radius 2 is 1.89 bits per heavy atom. The van der Waals surface area contributed by atoms with Gasteiger partial charge in [-0.05, 0) is 45.6 Å². The predicted octanol–water partition coefficient (Wildman–Crippen LogP) is 2.92. The highest BCUT2D eigenvalue weighted by Crippen LogP contribution is 2.03. The van der Waals surface area contributed by atoms with Crippen molar-refractivity contribution in [1.82, 2.24) is 0 Å². The van der Waals surface area contributed by atoms with Gasteiger partial charge in [-0.25, -0.2) is 0 Å². The summed E-state index contributed by atoms with van der Waals surface area (Å²) < 4.78 is 1.23. The van der Waals surface area contributed by atoms with Crippen molar-refractivity contribution in [2.75, 3.05) is 0 Å². The third-order valence-electron chi connectivity index (χ3n) is 0.804. The van der Waals surface area contributed by atoms with Gasteiger partial charge in [-0.1, -0.05) is 12.2 Å². The Morgan fingerprint density at radius 1 is 1.33 bits per heavy atom. The Labute approximate surface area is 69.5 Å². The van der Waals surface area contributed by atoms with Crippen LogP contribution in [0.4, 0.5) is 0 Å². The molecule has 0 saturated heterocycles. The first-order valence-corrected chi connectivity index (χ1v) is 3.76. The molecule has 0 aromatic rings. The van der Waals surface area contributed by atoms with E-state index in [1.54, 1.807) is 0 Å². The number of hydrogen-bond acceptors (Lipinski definition) is 1. The fraction of sp³-hybridized carbons (Fsp3) is 0.286. The molecule has 0 aliphatic rings. The van der Waals surface area contributed by atoms with Crippen molar-refractivity contribution < 1.29 is 0 Å². The third-order valence-corrected chi connectivity index (χ3v) is 1.16. The molecule has 0 amide bonds. The molecule has 2 heteroatoms. The van der Waals surface area contributed by atoms with Crippen LogP contribution in [0.25, 0.3) is 0 Å². The van der Waals surface area contributed by atoms with Gasteiger partial charge in [-0.3, -0.25) is 0 Å². The highest BCUT2D eigenvalue weighted by molar-refractivity contribution is 14.1. The van der Waals surface area contributed by atoms with E-state index < -0.39 is 0 Å². The van der Waals surface area contributed by atoms with Crippen molar-refractivity contribution in [3.05, 3.63) is 21.3 Å². The summed E-state index contributed by atoms with van der Waals surface area (Å²) in [5.74, 6) is 0. The fourth-order valence-corrected chi connectivity index (χ4v) is 0.474. The largest absolute Gasteiger partial charge is 0.308 e. The van der Waals surface area contributed by atoms with Crippen molar-refractivity contribution in [2.24, 2.45) is 0 Å². The maximum absolute atomic E-state index is 6.83. The summed E-state index contributed by atoms with van der Waals surface area (Å²) in [6, 6.07) is 0. The molecule has 0 atom stereocenters. The van der Waals surface area contributed by atoms with Crippen LogP contribution >= 0.6 is 22.6 Å². The summed E-state index contributed by atoms with van der Waals surface area (Å²) in [4.78, 5) is 0. The maximum Gasteiger partial charge on any atom is 0.0207 e. The lowest BCUT2D eigenvalue weighted by molar-refractivity contribution is 1.50. The van der Waals surface area contributed by atoms with Gasteiger partial charge in [0.05, 0.1) is 0 Å². The van der Waals surface area contributed by atoms with Crippen LogP contribution in [-0.2, 0) is 0 Å². The van der Waals surface area contributed by atoms with Crippen LogP contribution in [-0.4, -0.2) is 6.21 Å². The minimum atomic E-state index is 0.978. The first kappa shape index (κ1) is 8.88. The quantitative estimate of drug-likeness (QED) is 0.432. The first-order valence-electron chi connectivity index (χ1n) is 2.68. The van der Waals surface area contributed by atoms with Crippen molar-refractivity contribution in [3.63, 3.8) is 0 Å². The lowest BCUT2D eigenvalue weighted by Crippen LogP contribution is -1.71. The van der Waals surface area contributed by atoms with E-state index in [2.05, 4.69) is 22.6 Å². The minimum Gasteiger partial charge on any atom is -0.308 e. The van der Waals surface area contributed by atoms with Crippen LogP contribution < -0.4 is 0 Å². The summed E-state index contributed by atoms with van der Waals surface area (Å²) in [5.41, 5.74) is 0.978. The van der Waals surface area contributed by atoms with E-state index in [9.17, 15) is 0 Å². The fourth-order valence-electron chi connectivity index (χ4n) is 0.294. The van der Waals surface area contributed by atoms with Gasteiger partial charge in [0, 0.05) is 6.21 Å². The molecule has 0 spiro atoms. The average Bonchev–Trinajstić information content (AvgIpc) is 1.83. The molecule has 1 N–H and O–H groups in total. The van der Waals surface area contributed by atoms with Gasteiger partial charge < -0.3 is 5.41 Å². The molecule has 0 saturated carbocycles. The zero-order chi connectivity index (χ0) is 7.28. The summed E-state index contributed by atoms with van der Waals surface area (Å²) in [7, 11) is 0. The molecule has 0 aliphatic heterocycles. The molecule has 0 radical (unpaired) electrons. The zero-order valence-corrected chi connectivity index (χ0v) is 7.77. The van der Waals surface area contributed by atoms with Gasteiger partial charge in [-0.2, -0.15) is 0 Å². The first-order chi connectivity index (χ1) is 4.16. The number of hydrogen-bond donors (Lipinski definition) is 1. The van der Waals surface area contributed by atoms with Crippen LogP contribution in [0.15, 0.2) is 21.3 Å². The van der Waals surface area contributed by atoms with Crippen molar-refractivity contribution in [3.8, 4) is 0 Å². The van der Waals surface area contributed by atoms with Gasteiger partial charge >= 0.3 is 0 Å². The Balaban J connectivity index is 3.98. The second-order valence-corrected chi connectivity index (χ2v) is 3.51. The standard InChI is InChI=1S/C7H10IN/c1-6(5-9)3-4-7(2)8/h3-5,9H,1-2H3/b6-3-,7-4-,9-5?. The molecular weight excluding hydrogens is 225 g/mol. The third kappa shape index (κ3) is 5.76. The van der Waals surface area contributed by atoms with E-state index in [0.717, 1.165) is 5.57 Å². The van der Waals surface area contributed by atoms with Gasteiger partial charge in [0.25, 0.3) is 0 Å². The normalized spacial score (nSPS) is 13.7. The topological polar surface area (TPSA) is 23.9 Å². The van der Waals surface area contributed by atoms with Crippen molar-refractivity contribution in [1.29, 1.82) is 5.41 Å². The van der Waals surface area contributed by atoms with Crippen LogP contribution in [0.2, 0.25) is 0 Å². The highest BCUT2D eigenvalue weighted by Gasteiger charge is 1.77. The van der Waals surface area contributed by atoms with Crippen molar-refractivity contribution >= 4 is 28.8 Å². The molecule has 0 aliphatic carbocycles. The van der Waals surface area contributed by atoms with Gasteiger partial charge in [0.1, 0.15) is 0 Å². The second-order valence-electron chi connectivity index (χ2n) is 1.81. The van der Waals surface area contributed by atoms with Crippen LogP contribution in [0, 0.1) is 5.41 Å². The SMILES string of the molecule is C/C(I)=C/C=C(/C)C=N. The molecule has 0 rings (SSSR count). The van der Waals surface area contributed by atoms with Crippen LogP contribution in [0.5, 0.6) is 0 Å². The summed E-state index contributed by atoms with van der Waals surface area (Å²) in [6.45, 7) is 3.93.